The molecular weight excluding hydrogens is 1180 g/mol. The van der Waals surface area contributed by atoms with E-state index in [1.54, 1.807) is 26.1 Å². The van der Waals surface area contributed by atoms with Crippen molar-refractivity contribution in [2.45, 2.75) is 181 Å². The minimum Gasteiger partial charge on any atom is -0.480 e. The van der Waals surface area contributed by atoms with Gasteiger partial charge in [0.25, 0.3) is 0 Å². The van der Waals surface area contributed by atoms with Crippen molar-refractivity contribution in [2.24, 2.45) is 23.7 Å². The van der Waals surface area contributed by atoms with Gasteiger partial charge in [0.05, 0.1) is 25.6 Å². The maximum Gasteiger partial charge on any atom is 0.325 e. The number of benzene rings is 1. The van der Waals surface area contributed by atoms with Crippen LogP contribution in [0.5, 0.6) is 0 Å². The Balaban J connectivity index is 1.40. The highest BCUT2D eigenvalue weighted by Gasteiger charge is 2.37. The van der Waals surface area contributed by atoms with E-state index in [1.807, 2.05) is 59.7 Å². The van der Waals surface area contributed by atoms with E-state index >= 15 is 0 Å². The number of imidazole rings is 3. The Hall–Kier alpha value is -9.48. The number of aromatic nitrogens is 7. The molecule has 1 aromatic carbocycles. The third-order valence-corrected chi connectivity index (χ3v) is 14.5. The molecule has 0 aliphatic heterocycles. The molecule has 0 bridgehead atoms. The van der Waals surface area contributed by atoms with E-state index in [-0.39, 0.29) is 75.0 Å². The van der Waals surface area contributed by atoms with Crippen LogP contribution in [0.3, 0.4) is 0 Å². The fraction of sp³-hybridized carbons (Fsp3) is 0.541. The number of carboxylic acid groups (broad SMARTS) is 1. The summed E-state index contributed by atoms with van der Waals surface area (Å²) < 4.78 is 0. The number of H-pyrrole nitrogens is 4. The first-order valence-electron chi connectivity index (χ1n) is 30.4. The van der Waals surface area contributed by atoms with Gasteiger partial charge in [0.15, 0.2) is 0 Å². The summed E-state index contributed by atoms with van der Waals surface area (Å²) in [5.74, 6) is -10.0. The molecule has 30 nitrogen and oxygen atoms in total. The molecule has 10 amide bonds. The third kappa shape index (κ3) is 23.4. The maximum atomic E-state index is 15.0. The Morgan fingerprint density at radius 2 is 0.714 bits per heavy atom. The second-order valence-electron chi connectivity index (χ2n) is 24.4. The second kappa shape index (κ2) is 35.1. The molecule has 91 heavy (non-hydrogen) atoms. The van der Waals surface area contributed by atoms with Crippen LogP contribution in [-0.4, -0.2) is 177 Å². The molecule has 4 aromatic heterocycles. The number of aliphatic hydroxyl groups is 1. The van der Waals surface area contributed by atoms with E-state index in [1.165, 1.54) is 51.4 Å². The number of aromatic amines is 4. The topological polar surface area (TPSA) is 450 Å². The Morgan fingerprint density at radius 1 is 0.407 bits per heavy atom. The summed E-state index contributed by atoms with van der Waals surface area (Å²) in [5.41, 5.74) is 2.66. The number of hydrogen-bond donors (Lipinski definition) is 16. The van der Waals surface area contributed by atoms with Crippen LogP contribution in [0.2, 0.25) is 0 Å². The van der Waals surface area contributed by atoms with Gasteiger partial charge in [-0.15, -0.1) is 0 Å². The van der Waals surface area contributed by atoms with E-state index < -0.39 is 132 Å². The normalized spacial score (nSPS) is 14.8. The van der Waals surface area contributed by atoms with Gasteiger partial charge in [-0.05, 0) is 67.9 Å². The van der Waals surface area contributed by atoms with E-state index in [9.17, 15) is 63.0 Å². The minimum absolute atomic E-state index is 0.0158. The molecule has 10 atom stereocenters. The van der Waals surface area contributed by atoms with Crippen molar-refractivity contribution >= 4 is 75.9 Å². The Bertz CT molecular complexity index is 3220. The van der Waals surface area contributed by atoms with Crippen LogP contribution < -0.4 is 53.2 Å². The number of fused-ring (bicyclic) bond motifs is 1. The van der Waals surface area contributed by atoms with Crippen LogP contribution in [-0.2, 0) is 78.4 Å². The van der Waals surface area contributed by atoms with Crippen molar-refractivity contribution in [1.82, 2.24) is 88.1 Å². The Kier molecular flexibility index (Phi) is 27.8. The average molecular weight is 1270 g/mol. The van der Waals surface area contributed by atoms with Gasteiger partial charge in [-0.1, -0.05) is 73.6 Å². The molecule has 4 heterocycles. The van der Waals surface area contributed by atoms with Crippen molar-refractivity contribution < 1.29 is 63.0 Å². The third-order valence-electron chi connectivity index (χ3n) is 14.5. The van der Waals surface area contributed by atoms with Crippen molar-refractivity contribution in [3.63, 3.8) is 0 Å². The smallest absolute Gasteiger partial charge is 0.325 e. The van der Waals surface area contributed by atoms with Crippen LogP contribution in [0, 0.1) is 23.7 Å². The Labute approximate surface area is 527 Å². The lowest BCUT2D eigenvalue weighted by Crippen LogP contribution is -2.61. The number of hydrogen-bond acceptors (Lipinski definition) is 15. The lowest BCUT2D eigenvalue weighted by atomic mass is 9.98. The summed E-state index contributed by atoms with van der Waals surface area (Å²) in [4.78, 5) is 176. The molecule has 0 saturated heterocycles. The fourth-order valence-electron chi connectivity index (χ4n) is 10.0. The van der Waals surface area contributed by atoms with Crippen LogP contribution >= 0.6 is 0 Å². The summed E-state index contributed by atoms with van der Waals surface area (Å²) >= 11 is 0. The van der Waals surface area contributed by atoms with E-state index in [4.69, 9.17) is 0 Å². The van der Waals surface area contributed by atoms with Crippen molar-refractivity contribution in [3.05, 3.63) is 90.7 Å². The molecule has 16 N–H and O–H groups in total. The predicted molar refractivity (Wildman–Crippen MR) is 332 cm³/mol. The van der Waals surface area contributed by atoms with Crippen molar-refractivity contribution in [1.29, 1.82) is 0 Å². The highest BCUT2D eigenvalue weighted by molar-refractivity contribution is 5.99. The summed E-state index contributed by atoms with van der Waals surface area (Å²) in [6, 6.07) is -6.23. The fourth-order valence-corrected chi connectivity index (χ4v) is 10.0. The van der Waals surface area contributed by atoms with Crippen LogP contribution in [0.15, 0.2) is 68.0 Å². The zero-order chi connectivity index (χ0) is 67.1. The van der Waals surface area contributed by atoms with Gasteiger partial charge in [-0.25, -0.2) is 15.0 Å². The van der Waals surface area contributed by atoms with E-state index in [2.05, 4.69) is 88.1 Å². The molecule has 30 heteroatoms. The van der Waals surface area contributed by atoms with Crippen LogP contribution in [0.4, 0.5) is 0 Å². The first kappa shape index (κ1) is 72.3. The summed E-state index contributed by atoms with van der Waals surface area (Å²) in [6.07, 6.45) is 9.86. The van der Waals surface area contributed by atoms with Crippen LogP contribution in [0.25, 0.3) is 10.9 Å². The monoisotopic (exact) mass is 1270 g/mol. The maximum absolute atomic E-state index is 15.0. The first-order valence-corrected chi connectivity index (χ1v) is 30.4. The Morgan fingerprint density at radius 3 is 1.04 bits per heavy atom. The van der Waals surface area contributed by atoms with Gasteiger partial charge in [-0.3, -0.25) is 52.7 Å². The number of carbonyl (C=O) groups is 11. The molecule has 496 valence electrons. The van der Waals surface area contributed by atoms with Gasteiger partial charge >= 0.3 is 5.97 Å². The zero-order valence-corrected chi connectivity index (χ0v) is 53.0. The number of nitrogens with zero attached hydrogens (tertiary/aromatic N) is 3. The van der Waals surface area contributed by atoms with Crippen molar-refractivity contribution in [3.8, 4) is 0 Å². The largest absolute Gasteiger partial charge is 0.480 e. The molecule has 0 spiro atoms. The van der Waals surface area contributed by atoms with Gasteiger partial charge in [0, 0.05) is 85.4 Å². The lowest BCUT2D eigenvalue weighted by Gasteiger charge is -2.29. The highest BCUT2D eigenvalue weighted by atomic mass is 16.4. The lowest BCUT2D eigenvalue weighted by molar-refractivity contribution is -0.141. The summed E-state index contributed by atoms with van der Waals surface area (Å²) in [5, 5.41) is 47.2. The zero-order valence-electron chi connectivity index (χ0n) is 53.0. The van der Waals surface area contributed by atoms with Gasteiger partial charge < -0.3 is 83.3 Å². The van der Waals surface area contributed by atoms with Gasteiger partial charge in [0.2, 0.25) is 59.1 Å². The molecule has 0 aliphatic carbocycles. The highest BCUT2D eigenvalue weighted by Crippen LogP contribution is 2.21. The van der Waals surface area contributed by atoms with Crippen LogP contribution in [0.1, 0.15) is 118 Å². The van der Waals surface area contributed by atoms with Gasteiger partial charge in [0.1, 0.15) is 60.4 Å². The average Bonchev–Trinajstić information content (AvgIpc) is 2.02. The first-order chi connectivity index (χ1) is 43.1. The molecule has 5 aromatic rings. The molecule has 0 fully saturated rings. The predicted octanol–water partition coefficient (Wildman–Crippen LogP) is -0.243. The minimum atomic E-state index is -1.60. The summed E-state index contributed by atoms with van der Waals surface area (Å²) in [6.45, 7) is 16.0. The standard InChI is InChI=1S/C61H89N17O13/c1-31(2)15-43(53(82)72-45(17-33(5)6)56(85)76-49(21-39-25-63-29-67-39)52(81)69-35(9)61(90)91)71-54(83)44(16-32(3)4)73-59(88)50(22-40-26-64-30-68-40)77-57(86)47(19-37-23-65-42-14-12-11-13-41(37)42)75-55(84)46(18-34(7)8)74-60(89)51(27-79)78-58(87)48(70-36(10)80)20-38-24-62-28-66-38/h11-14,23-26,28-35,43-51,65,79H,15-22,27H2,1-10H3,(H,62,66)(H,63,67)(H,64,68)(H,69,81)(H,70,80)(H,71,83)(H,72,82)(H,73,88)(H,74,89)(H,75,84)(H,76,85)(H,77,86)(H,78,87)(H,90,91)/t35-,43-,44-,45-,46-,47-,48-,49-,50-,51-/m0/s1. The number of aliphatic carboxylic acids is 1. The number of aliphatic hydroxyl groups excluding tert-OH is 1. The number of nitrogens with one attached hydrogen (secondary N) is 14. The summed E-state index contributed by atoms with van der Waals surface area (Å²) in [7, 11) is 0. The molecule has 0 saturated carbocycles. The molecule has 0 radical (unpaired) electrons. The SMILES string of the molecule is CC(=O)N[C@@H](Cc1cnc[nH]1)C(=O)N[C@@H](CO)C(=O)N[C@@H](CC(C)C)C(=O)N[C@@H](Cc1c[nH]c2ccccc12)C(=O)N[C@@H](Cc1cnc[nH]1)C(=O)N[C@@H](CC(C)C)C(=O)N[C@@H](CC(C)C)C(=O)N[C@@H](CC(C)C)C(=O)N[C@@H](Cc1cnc[nH]1)C(=O)N[C@@H](C)C(=O)O. The number of amides is 10. The molecular formula is C61H89N17O13. The van der Waals surface area contributed by atoms with E-state index in [0.717, 1.165) is 5.52 Å². The molecule has 5 rings (SSSR count). The second-order valence-corrected chi connectivity index (χ2v) is 24.4. The molecule has 0 aliphatic rings. The number of carboxylic acids is 1. The van der Waals surface area contributed by atoms with E-state index in [0.29, 0.717) is 28.0 Å². The van der Waals surface area contributed by atoms with Crippen molar-refractivity contribution in [2.75, 3.05) is 6.61 Å². The molecule has 0 unspecified atom stereocenters. The number of para-hydroxylation sites is 1. The quantitative estimate of drug-likeness (QED) is 0.0244. The number of carbonyl (C=O) groups excluding carboxylic acids is 10. The van der Waals surface area contributed by atoms with Gasteiger partial charge in [-0.2, -0.15) is 0 Å². The number of rotatable bonds is 37.